The van der Waals surface area contributed by atoms with E-state index in [-0.39, 0.29) is 36.5 Å². The molecule has 2 fully saturated rings. The Hall–Kier alpha value is -3.17. The van der Waals surface area contributed by atoms with Crippen molar-refractivity contribution in [2.75, 3.05) is 13.2 Å². The van der Waals surface area contributed by atoms with Gasteiger partial charge >= 0.3 is 6.09 Å². The van der Waals surface area contributed by atoms with E-state index in [2.05, 4.69) is 6.07 Å². The summed E-state index contributed by atoms with van der Waals surface area (Å²) < 4.78 is 11.2. The smallest absolute Gasteiger partial charge is 0.410 e. The van der Waals surface area contributed by atoms with E-state index in [1.54, 1.807) is 23.1 Å². The number of carbonyl (C=O) groups excluding carboxylic acids is 2. The number of hydrogen-bond acceptors (Lipinski definition) is 5. The fraction of sp³-hybridized carbons (Fsp3) is 0.375. The lowest BCUT2D eigenvalue weighted by atomic mass is 9.80. The molecule has 2 aliphatic rings. The number of nitriles is 1. The fourth-order valence-electron chi connectivity index (χ4n) is 4.40. The lowest BCUT2D eigenvalue weighted by Crippen LogP contribution is -2.59. The number of amides is 1. The van der Waals surface area contributed by atoms with E-state index in [9.17, 15) is 9.59 Å². The number of ether oxygens (including phenoxy) is 2. The van der Waals surface area contributed by atoms with E-state index < -0.39 is 0 Å². The largest absolute Gasteiger partial charge is 0.445 e. The first-order chi connectivity index (χ1) is 14.6. The van der Waals surface area contributed by atoms with Gasteiger partial charge in [-0.15, -0.1) is 0 Å². The van der Waals surface area contributed by atoms with Crippen LogP contribution in [0.2, 0.25) is 0 Å². The van der Waals surface area contributed by atoms with Crippen LogP contribution >= 0.6 is 0 Å². The molecule has 0 spiro atoms. The van der Waals surface area contributed by atoms with Gasteiger partial charge < -0.3 is 9.47 Å². The Labute approximate surface area is 176 Å². The molecule has 0 N–H and O–H groups in total. The average molecular weight is 404 g/mol. The maximum Gasteiger partial charge on any atom is 0.410 e. The second-order valence-corrected chi connectivity index (χ2v) is 7.97. The van der Waals surface area contributed by atoms with Crippen LogP contribution in [0.4, 0.5) is 4.79 Å². The van der Waals surface area contributed by atoms with Gasteiger partial charge in [-0.1, -0.05) is 36.4 Å². The molecule has 30 heavy (non-hydrogen) atoms. The lowest BCUT2D eigenvalue weighted by Gasteiger charge is -2.47. The summed E-state index contributed by atoms with van der Waals surface area (Å²) in [6.07, 6.45) is 0.751. The van der Waals surface area contributed by atoms with Crippen LogP contribution in [0.25, 0.3) is 0 Å². The number of piperidine rings is 1. The molecule has 2 bridgehead atoms. The van der Waals surface area contributed by atoms with Crippen molar-refractivity contribution in [3.8, 4) is 6.07 Å². The molecule has 2 saturated heterocycles. The molecule has 0 aliphatic carbocycles. The summed E-state index contributed by atoms with van der Waals surface area (Å²) in [4.78, 5) is 27.7. The van der Waals surface area contributed by atoms with Crippen molar-refractivity contribution in [1.29, 1.82) is 5.26 Å². The van der Waals surface area contributed by atoms with Crippen LogP contribution in [0.5, 0.6) is 0 Å². The highest BCUT2D eigenvalue weighted by atomic mass is 16.6. The van der Waals surface area contributed by atoms with Crippen LogP contribution < -0.4 is 0 Å². The SMILES string of the molecule is Cc1cc(C(=O)C2CC3COCC(C2)N3C(=O)OCc2ccccc2)ccc1C#N. The zero-order valence-electron chi connectivity index (χ0n) is 16.9. The van der Waals surface area contributed by atoms with Crippen LogP contribution in [0.1, 0.15) is 39.9 Å². The summed E-state index contributed by atoms with van der Waals surface area (Å²) in [5, 5.41) is 9.11. The van der Waals surface area contributed by atoms with Crippen LogP contribution in [0.15, 0.2) is 48.5 Å². The Morgan fingerprint density at radius 1 is 1.13 bits per heavy atom. The number of rotatable bonds is 4. The molecule has 2 unspecified atom stereocenters. The number of carbonyl (C=O) groups is 2. The summed E-state index contributed by atoms with van der Waals surface area (Å²) in [6, 6.07) is 16.6. The van der Waals surface area contributed by atoms with E-state index in [4.69, 9.17) is 14.7 Å². The zero-order chi connectivity index (χ0) is 21.1. The van der Waals surface area contributed by atoms with Crippen molar-refractivity contribution in [3.05, 3.63) is 70.8 Å². The molecular formula is C24H24N2O4. The summed E-state index contributed by atoms with van der Waals surface area (Å²) in [5.41, 5.74) is 2.94. The monoisotopic (exact) mass is 404 g/mol. The van der Waals surface area contributed by atoms with Crippen molar-refractivity contribution in [2.24, 2.45) is 5.92 Å². The fourth-order valence-corrected chi connectivity index (χ4v) is 4.40. The molecule has 0 saturated carbocycles. The Balaban J connectivity index is 1.44. The minimum absolute atomic E-state index is 0.0665. The van der Waals surface area contributed by atoms with Gasteiger partial charge in [-0.2, -0.15) is 5.26 Å². The van der Waals surface area contributed by atoms with Crippen molar-refractivity contribution in [2.45, 2.75) is 38.5 Å². The highest BCUT2D eigenvalue weighted by molar-refractivity contribution is 5.98. The molecule has 2 aromatic carbocycles. The Kier molecular flexibility index (Phi) is 5.82. The number of benzene rings is 2. The Morgan fingerprint density at radius 3 is 2.47 bits per heavy atom. The van der Waals surface area contributed by atoms with E-state index in [0.29, 0.717) is 37.2 Å². The van der Waals surface area contributed by atoms with Gasteiger partial charge in [0.15, 0.2) is 5.78 Å². The van der Waals surface area contributed by atoms with E-state index >= 15 is 0 Å². The van der Waals surface area contributed by atoms with E-state index in [0.717, 1.165) is 11.1 Å². The normalized spacial score (nSPS) is 22.8. The lowest BCUT2D eigenvalue weighted by molar-refractivity contribution is -0.0755. The van der Waals surface area contributed by atoms with Gasteiger partial charge in [-0.05, 0) is 43.0 Å². The molecule has 4 rings (SSSR count). The van der Waals surface area contributed by atoms with Crippen molar-refractivity contribution >= 4 is 11.9 Å². The molecule has 154 valence electrons. The quantitative estimate of drug-likeness (QED) is 0.723. The van der Waals surface area contributed by atoms with Crippen LogP contribution in [-0.2, 0) is 16.1 Å². The highest BCUT2D eigenvalue weighted by Gasteiger charge is 2.44. The first kappa shape index (κ1) is 20.1. The average Bonchev–Trinajstić information content (AvgIpc) is 2.76. The third kappa shape index (κ3) is 4.07. The molecule has 6 heteroatoms. The van der Waals surface area contributed by atoms with Crippen LogP contribution in [0.3, 0.4) is 0 Å². The third-order valence-electron chi connectivity index (χ3n) is 5.94. The topological polar surface area (TPSA) is 79.6 Å². The van der Waals surface area contributed by atoms with Crippen molar-refractivity contribution in [1.82, 2.24) is 4.90 Å². The molecule has 0 aromatic heterocycles. The van der Waals surface area contributed by atoms with Gasteiger partial charge in [0.2, 0.25) is 0 Å². The molecule has 6 nitrogen and oxygen atoms in total. The standard InChI is InChI=1S/C24H24N2O4/c1-16-9-18(7-8-19(16)12-25)23(27)20-10-21-14-29-15-22(11-20)26(21)24(28)30-13-17-5-3-2-4-6-17/h2-9,20-22H,10-11,13-15H2,1H3. The summed E-state index contributed by atoms with van der Waals surface area (Å²) in [5.74, 6) is -0.105. The second-order valence-electron chi connectivity index (χ2n) is 7.97. The molecular weight excluding hydrogens is 380 g/mol. The number of aryl methyl sites for hydroxylation is 1. The summed E-state index contributed by atoms with van der Waals surface area (Å²) >= 11 is 0. The van der Waals surface area contributed by atoms with Gasteiger partial charge in [0.1, 0.15) is 6.61 Å². The number of Topliss-reactive ketones (excluding diaryl/α,β-unsaturated/α-hetero) is 1. The molecule has 0 radical (unpaired) electrons. The zero-order valence-corrected chi connectivity index (χ0v) is 16.9. The highest BCUT2D eigenvalue weighted by Crippen LogP contribution is 2.34. The number of morpholine rings is 1. The van der Waals surface area contributed by atoms with Gasteiger partial charge in [-0.3, -0.25) is 9.69 Å². The molecule has 2 heterocycles. The van der Waals surface area contributed by atoms with Gasteiger partial charge in [-0.25, -0.2) is 4.79 Å². The van der Waals surface area contributed by atoms with Crippen LogP contribution in [0, 0.1) is 24.2 Å². The van der Waals surface area contributed by atoms with Gasteiger partial charge in [0.05, 0.1) is 36.9 Å². The molecule has 1 amide bonds. The third-order valence-corrected chi connectivity index (χ3v) is 5.94. The number of fused-ring (bicyclic) bond motifs is 2. The Bertz CT molecular complexity index is 968. The molecule has 2 atom stereocenters. The Morgan fingerprint density at radius 2 is 1.83 bits per heavy atom. The predicted octanol–water partition coefficient (Wildman–Crippen LogP) is 3.87. The summed E-state index contributed by atoms with van der Waals surface area (Å²) in [6.45, 7) is 2.88. The first-order valence-corrected chi connectivity index (χ1v) is 10.2. The molecule has 2 aliphatic heterocycles. The number of hydrogen-bond donors (Lipinski definition) is 0. The first-order valence-electron chi connectivity index (χ1n) is 10.2. The number of nitrogens with zero attached hydrogens (tertiary/aromatic N) is 2. The van der Waals surface area contributed by atoms with Crippen molar-refractivity contribution in [3.63, 3.8) is 0 Å². The van der Waals surface area contributed by atoms with E-state index in [1.807, 2.05) is 37.3 Å². The maximum absolute atomic E-state index is 13.1. The van der Waals surface area contributed by atoms with Gasteiger partial charge in [0, 0.05) is 11.5 Å². The predicted molar refractivity (Wildman–Crippen MR) is 110 cm³/mol. The number of ketones is 1. The summed E-state index contributed by atoms with van der Waals surface area (Å²) in [7, 11) is 0. The molecule has 2 aromatic rings. The minimum Gasteiger partial charge on any atom is -0.445 e. The second kappa shape index (κ2) is 8.68. The van der Waals surface area contributed by atoms with Crippen molar-refractivity contribution < 1.29 is 19.1 Å². The minimum atomic E-state index is -0.350. The van der Waals surface area contributed by atoms with Gasteiger partial charge in [0.25, 0.3) is 0 Å². The van der Waals surface area contributed by atoms with E-state index in [1.165, 1.54) is 0 Å². The van der Waals surface area contributed by atoms with Crippen LogP contribution in [-0.4, -0.2) is 42.1 Å². The maximum atomic E-state index is 13.1.